The van der Waals surface area contributed by atoms with Crippen molar-refractivity contribution in [1.29, 1.82) is 0 Å². The number of nitrogens with zero attached hydrogens (tertiary/aromatic N) is 5. The van der Waals surface area contributed by atoms with Gasteiger partial charge in [0, 0.05) is 49.1 Å². The van der Waals surface area contributed by atoms with E-state index in [1.54, 1.807) is 0 Å². The highest BCUT2D eigenvalue weighted by molar-refractivity contribution is 6.19. The Morgan fingerprint density at radius 3 is 1.68 bits per heavy atom. The van der Waals surface area contributed by atoms with Crippen molar-refractivity contribution in [2.24, 2.45) is 0 Å². The van der Waals surface area contributed by atoms with Crippen LogP contribution in [0.2, 0.25) is 0 Å². The van der Waals surface area contributed by atoms with Crippen molar-refractivity contribution in [2.75, 3.05) is 0 Å². The topological polar surface area (TPSA) is 61.7 Å². The SMILES string of the molecule is CC1(C)CCC(C)(C)c2cc3c(cc21)c1cc2c4ccccc4n(-c4nc(-c5ccccc5)nc(-c5ccc(-c6ccc7c(c6)oc6ccccc67)cc5)n4)c2cc1n3-c1ccccc1. The Bertz CT molecular complexity index is 3870. The van der Waals surface area contributed by atoms with Gasteiger partial charge in [0.05, 0.1) is 22.1 Å². The van der Waals surface area contributed by atoms with E-state index >= 15 is 0 Å². The van der Waals surface area contributed by atoms with Crippen LogP contribution in [0.5, 0.6) is 0 Å². The number of benzene rings is 8. The maximum atomic E-state index is 6.25. The maximum Gasteiger partial charge on any atom is 0.238 e. The van der Waals surface area contributed by atoms with E-state index < -0.39 is 0 Å². The molecule has 0 saturated carbocycles. The summed E-state index contributed by atoms with van der Waals surface area (Å²) in [6, 6.07) is 62.7. The minimum absolute atomic E-state index is 0.0748. The van der Waals surface area contributed by atoms with Gasteiger partial charge in [0.2, 0.25) is 5.95 Å². The van der Waals surface area contributed by atoms with Crippen LogP contribution in [0.3, 0.4) is 0 Å². The lowest BCUT2D eigenvalue weighted by Gasteiger charge is -2.42. The van der Waals surface area contributed by atoms with Gasteiger partial charge in [0.15, 0.2) is 11.6 Å². The molecule has 0 bridgehead atoms. The van der Waals surface area contributed by atoms with Crippen molar-refractivity contribution in [3.05, 3.63) is 187 Å². The number of rotatable bonds is 5. The van der Waals surface area contributed by atoms with E-state index in [2.05, 4.69) is 182 Å². The molecule has 65 heavy (non-hydrogen) atoms. The third-order valence-corrected chi connectivity index (χ3v) is 14.3. The van der Waals surface area contributed by atoms with Gasteiger partial charge in [-0.3, -0.25) is 4.57 Å². The van der Waals surface area contributed by atoms with Crippen LogP contribution < -0.4 is 0 Å². The molecule has 0 spiro atoms. The fourth-order valence-corrected chi connectivity index (χ4v) is 10.6. The Morgan fingerprint density at radius 2 is 0.923 bits per heavy atom. The second-order valence-electron chi connectivity index (χ2n) is 19.1. The van der Waals surface area contributed by atoms with Gasteiger partial charge in [0.25, 0.3) is 0 Å². The lowest BCUT2D eigenvalue weighted by molar-refractivity contribution is 0.332. The molecule has 4 aromatic heterocycles. The zero-order valence-electron chi connectivity index (χ0n) is 36.8. The molecule has 1 aliphatic carbocycles. The first-order chi connectivity index (χ1) is 31.7. The molecule has 0 fully saturated rings. The first-order valence-corrected chi connectivity index (χ1v) is 22.6. The number of fused-ring (bicyclic) bond motifs is 10. The number of hydrogen-bond donors (Lipinski definition) is 0. The van der Waals surface area contributed by atoms with Crippen molar-refractivity contribution >= 4 is 65.6 Å². The highest BCUT2D eigenvalue weighted by Gasteiger charge is 2.38. The minimum atomic E-state index is 0.0748. The number of hydrogen-bond acceptors (Lipinski definition) is 4. The van der Waals surface area contributed by atoms with Gasteiger partial charge in [-0.2, -0.15) is 9.97 Å². The first-order valence-electron chi connectivity index (χ1n) is 22.6. The molecule has 8 aromatic carbocycles. The van der Waals surface area contributed by atoms with Gasteiger partial charge in [-0.05, 0) is 107 Å². The van der Waals surface area contributed by atoms with Gasteiger partial charge in [-0.1, -0.05) is 143 Å². The number of aromatic nitrogens is 5. The van der Waals surface area contributed by atoms with E-state index in [4.69, 9.17) is 19.4 Å². The predicted octanol–water partition coefficient (Wildman–Crippen LogP) is 15.3. The van der Waals surface area contributed by atoms with Crippen LogP contribution in [0.1, 0.15) is 51.7 Å². The first kappa shape index (κ1) is 37.7. The van der Waals surface area contributed by atoms with Crippen molar-refractivity contribution in [2.45, 2.75) is 51.4 Å². The predicted molar refractivity (Wildman–Crippen MR) is 267 cm³/mol. The molecule has 0 unspecified atom stereocenters. The summed E-state index contributed by atoms with van der Waals surface area (Å²) in [5.41, 5.74) is 14.4. The van der Waals surface area contributed by atoms with Crippen molar-refractivity contribution in [1.82, 2.24) is 24.1 Å². The summed E-state index contributed by atoms with van der Waals surface area (Å²) in [6.07, 6.45) is 2.32. The van der Waals surface area contributed by atoms with Crippen molar-refractivity contribution in [3.63, 3.8) is 0 Å². The summed E-state index contributed by atoms with van der Waals surface area (Å²) in [6.45, 7) is 9.66. The Labute approximate surface area is 376 Å². The van der Waals surface area contributed by atoms with Crippen LogP contribution in [-0.2, 0) is 10.8 Å². The van der Waals surface area contributed by atoms with Gasteiger partial charge >= 0.3 is 0 Å². The highest BCUT2D eigenvalue weighted by atomic mass is 16.3. The van der Waals surface area contributed by atoms with E-state index in [9.17, 15) is 0 Å². The molecule has 12 aromatic rings. The Morgan fingerprint density at radius 1 is 0.385 bits per heavy atom. The quantitative estimate of drug-likeness (QED) is 0.173. The van der Waals surface area contributed by atoms with E-state index in [0.29, 0.717) is 17.6 Å². The zero-order chi connectivity index (χ0) is 43.6. The molecule has 6 heteroatoms. The Hall–Kier alpha value is -7.83. The molecule has 0 aliphatic heterocycles. The third-order valence-electron chi connectivity index (χ3n) is 14.3. The number of para-hydroxylation sites is 3. The molecule has 1 aliphatic rings. The Kier molecular flexibility index (Phi) is 8.02. The normalized spacial score (nSPS) is 14.6. The van der Waals surface area contributed by atoms with Crippen LogP contribution in [0, 0.1) is 0 Å². The minimum Gasteiger partial charge on any atom is -0.456 e. The van der Waals surface area contributed by atoms with E-state index in [0.717, 1.165) is 90.0 Å². The fraction of sp³-hybridized carbons (Fsp3) is 0.136. The second-order valence-corrected chi connectivity index (χ2v) is 19.1. The summed E-state index contributed by atoms with van der Waals surface area (Å²) in [7, 11) is 0. The molecule has 0 atom stereocenters. The average Bonchev–Trinajstić information content (AvgIpc) is 3.99. The summed E-state index contributed by atoms with van der Waals surface area (Å²) in [5, 5.41) is 7.07. The largest absolute Gasteiger partial charge is 0.456 e. The lowest BCUT2D eigenvalue weighted by atomic mass is 9.63. The van der Waals surface area contributed by atoms with E-state index in [1.165, 1.54) is 27.4 Å². The van der Waals surface area contributed by atoms with Crippen molar-refractivity contribution in [3.8, 4) is 45.5 Å². The third kappa shape index (κ3) is 5.83. The molecular formula is C59H45N5O. The molecule has 13 rings (SSSR count). The van der Waals surface area contributed by atoms with Gasteiger partial charge in [-0.15, -0.1) is 0 Å². The molecule has 6 nitrogen and oxygen atoms in total. The smallest absolute Gasteiger partial charge is 0.238 e. The van der Waals surface area contributed by atoms with Crippen LogP contribution >= 0.6 is 0 Å². The van der Waals surface area contributed by atoms with E-state index in [-0.39, 0.29) is 10.8 Å². The molecule has 0 amide bonds. The molecular weight excluding hydrogens is 795 g/mol. The van der Waals surface area contributed by atoms with Gasteiger partial charge < -0.3 is 8.98 Å². The second kappa shape index (κ2) is 13.8. The van der Waals surface area contributed by atoms with Crippen LogP contribution in [0.4, 0.5) is 0 Å². The van der Waals surface area contributed by atoms with Crippen LogP contribution in [-0.4, -0.2) is 24.1 Å². The molecule has 0 saturated heterocycles. The maximum absolute atomic E-state index is 6.25. The lowest BCUT2D eigenvalue weighted by Crippen LogP contribution is -2.33. The molecule has 4 heterocycles. The standard InChI is InChI=1S/C59H45N5O/c1-58(2)29-30-59(3,4)48-34-50-46(33-47(48)58)45-32-44-41-19-11-13-21-49(41)64(52(44)35-51(45)63(50)40-17-9-6-10-18-40)57-61-55(37-15-7-5-8-16-37)60-56(62-57)38-25-23-36(24-26-38)39-27-28-43-42-20-12-14-22-53(42)65-54(43)31-39/h5-28,31-35H,29-30H2,1-4H3. The average molecular weight is 840 g/mol. The summed E-state index contributed by atoms with van der Waals surface area (Å²) in [4.78, 5) is 15.8. The monoisotopic (exact) mass is 839 g/mol. The summed E-state index contributed by atoms with van der Waals surface area (Å²) < 4.78 is 10.9. The van der Waals surface area contributed by atoms with Gasteiger partial charge in [-0.25, -0.2) is 4.98 Å². The molecule has 0 radical (unpaired) electrons. The summed E-state index contributed by atoms with van der Waals surface area (Å²) in [5.74, 6) is 1.79. The summed E-state index contributed by atoms with van der Waals surface area (Å²) >= 11 is 0. The Balaban J connectivity index is 1.03. The molecule has 312 valence electrons. The van der Waals surface area contributed by atoms with Crippen LogP contribution in [0.15, 0.2) is 180 Å². The highest BCUT2D eigenvalue weighted by Crippen LogP contribution is 2.49. The zero-order valence-corrected chi connectivity index (χ0v) is 36.8. The van der Waals surface area contributed by atoms with Crippen LogP contribution in [0.25, 0.3) is 111 Å². The fourth-order valence-electron chi connectivity index (χ4n) is 10.6. The number of furan rings is 1. The van der Waals surface area contributed by atoms with Gasteiger partial charge in [0.1, 0.15) is 11.2 Å². The van der Waals surface area contributed by atoms with Crippen molar-refractivity contribution < 1.29 is 4.42 Å². The van der Waals surface area contributed by atoms with E-state index in [1.807, 2.05) is 30.3 Å². The molecule has 0 N–H and O–H groups in total.